The average Bonchev–Trinajstić information content (AvgIpc) is 2.05. The van der Waals surface area contributed by atoms with Crippen molar-refractivity contribution < 1.29 is 0 Å². The molecule has 0 aromatic carbocycles. The lowest BCUT2D eigenvalue weighted by atomic mass is 10.1. The Labute approximate surface area is 66.8 Å². The molecule has 2 nitrogen and oxygen atoms in total. The van der Waals surface area contributed by atoms with E-state index >= 15 is 0 Å². The van der Waals surface area contributed by atoms with Crippen molar-refractivity contribution in [2.24, 2.45) is 5.73 Å². The van der Waals surface area contributed by atoms with Crippen LogP contribution in [-0.2, 0) is 0 Å². The van der Waals surface area contributed by atoms with Crippen molar-refractivity contribution >= 4 is 6.08 Å². The smallest absolute Gasteiger partial charge is 0.0574 e. The van der Waals surface area contributed by atoms with Gasteiger partial charge >= 0.3 is 0 Å². The maximum absolute atomic E-state index is 5.64. The molecule has 1 heterocycles. The van der Waals surface area contributed by atoms with Gasteiger partial charge in [0, 0.05) is 12.2 Å². The van der Waals surface area contributed by atoms with Gasteiger partial charge in [-0.2, -0.15) is 0 Å². The van der Waals surface area contributed by atoms with Crippen LogP contribution in [-0.4, -0.2) is 4.98 Å². The SMILES string of the molecule is C=Cc1ccnc([C@H](C)N)c1. The first kappa shape index (κ1) is 7.95. The summed E-state index contributed by atoms with van der Waals surface area (Å²) in [7, 11) is 0. The molecule has 1 aromatic rings. The van der Waals surface area contributed by atoms with E-state index in [4.69, 9.17) is 5.73 Å². The molecule has 0 amide bonds. The number of nitrogens with zero attached hydrogens (tertiary/aromatic N) is 1. The summed E-state index contributed by atoms with van der Waals surface area (Å²) in [4.78, 5) is 4.11. The fourth-order valence-electron chi connectivity index (χ4n) is 0.842. The van der Waals surface area contributed by atoms with E-state index in [2.05, 4.69) is 11.6 Å². The third-order valence-electron chi connectivity index (χ3n) is 1.51. The summed E-state index contributed by atoms with van der Waals surface area (Å²) in [5.41, 5.74) is 7.61. The minimum atomic E-state index is -0.00472. The second-order valence-corrected chi connectivity index (χ2v) is 2.51. The summed E-state index contributed by atoms with van der Waals surface area (Å²) in [5.74, 6) is 0. The molecule has 0 aliphatic heterocycles. The lowest BCUT2D eigenvalue weighted by Gasteiger charge is -2.03. The Morgan fingerprint density at radius 3 is 3.00 bits per heavy atom. The van der Waals surface area contributed by atoms with Crippen molar-refractivity contribution in [2.75, 3.05) is 0 Å². The minimum Gasteiger partial charge on any atom is -0.323 e. The highest BCUT2D eigenvalue weighted by Crippen LogP contribution is 2.08. The summed E-state index contributed by atoms with van der Waals surface area (Å²) < 4.78 is 0. The molecular formula is C9H12N2. The Kier molecular flexibility index (Phi) is 2.39. The number of nitrogens with two attached hydrogens (primary N) is 1. The van der Waals surface area contributed by atoms with Gasteiger partial charge in [-0.05, 0) is 24.6 Å². The molecule has 1 aromatic heterocycles. The fourth-order valence-corrected chi connectivity index (χ4v) is 0.842. The first-order valence-electron chi connectivity index (χ1n) is 3.58. The highest BCUT2D eigenvalue weighted by molar-refractivity contribution is 5.46. The Morgan fingerprint density at radius 1 is 1.73 bits per heavy atom. The summed E-state index contributed by atoms with van der Waals surface area (Å²) in [6.45, 7) is 5.57. The average molecular weight is 148 g/mol. The summed E-state index contributed by atoms with van der Waals surface area (Å²) in [5, 5.41) is 0. The Morgan fingerprint density at radius 2 is 2.45 bits per heavy atom. The van der Waals surface area contributed by atoms with Crippen LogP contribution in [0.2, 0.25) is 0 Å². The first-order chi connectivity index (χ1) is 5.24. The molecule has 1 rings (SSSR count). The van der Waals surface area contributed by atoms with Gasteiger partial charge in [0.25, 0.3) is 0 Å². The zero-order chi connectivity index (χ0) is 8.27. The third kappa shape index (κ3) is 1.88. The van der Waals surface area contributed by atoms with Crippen LogP contribution in [0.15, 0.2) is 24.9 Å². The van der Waals surface area contributed by atoms with Gasteiger partial charge in [0.1, 0.15) is 0 Å². The van der Waals surface area contributed by atoms with E-state index in [1.807, 2.05) is 19.1 Å². The van der Waals surface area contributed by atoms with Gasteiger partial charge in [0.05, 0.1) is 5.69 Å². The van der Waals surface area contributed by atoms with Crippen LogP contribution >= 0.6 is 0 Å². The predicted molar refractivity (Wildman–Crippen MR) is 46.9 cm³/mol. The topological polar surface area (TPSA) is 38.9 Å². The first-order valence-corrected chi connectivity index (χ1v) is 3.58. The van der Waals surface area contributed by atoms with Crippen molar-refractivity contribution in [3.05, 3.63) is 36.2 Å². The normalized spacial score (nSPS) is 12.5. The summed E-state index contributed by atoms with van der Waals surface area (Å²) in [6, 6.07) is 3.84. The van der Waals surface area contributed by atoms with Crippen LogP contribution in [0.1, 0.15) is 24.2 Å². The molecule has 2 N–H and O–H groups in total. The Hall–Kier alpha value is -1.15. The molecule has 0 spiro atoms. The predicted octanol–water partition coefficient (Wildman–Crippen LogP) is 1.74. The summed E-state index contributed by atoms with van der Waals surface area (Å²) in [6.07, 6.45) is 3.53. The van der Waals surface area contributed by atoms with Crippen molar-refractivity contribution in [1.82, 2.24) is 4.98 Å². The molecular weight excluding hydrogens is 136 g/mol. The van der Waals surface area contributed by atoms with E-state index in [0.29, 0.717) is 0 Å². The fraction of sp³-hybridized carbons (Fsp3) is 0.222. The van der Waals surface area contributed by atoms with Gasteiger partial charge in [0.2, 0.25) is 0 Å². The van der Waals surface area contributed by atoms with Crippen LogP contribution < -0.4 is 5.73 Å². The second kappa shape index (κ2) is 3.30. The van der Waals surface area contributed by atoms with Gasteiger partial charge in [-0.1, -0.05) is 12.7 Å². The van der Waals surface area contributed by atoms with E-state index in [9.17, 15) is 0 Å². The van der Waals surface area contributed by atoms with Crippen molar-refractivity contribution in [2.45, 2.75) is 13.0 Å². The number of aromatic nitrogens is 1. The minimum absolute atomic E-state index is 0.00472. The largest absolute Gasteiger partial charge is 0.323 e. The van der Waals surface area contributed by atoms with E-state index in [1.54, 1.807) is 12.3 Å². The highest BCUT2D eigenvalue weighted by Gasteiger charge is 1.99. The van der Waals surface area contributed by atoms with Crippen LogP contribution in [0, 0.1) is 0 Å². The zero-order valence-corrected chi connectivity index (χ0v) is 6.62. The number of hydrogen-bond acceptors (Lipinski definition) is 2. The molecule has 0 unspecified atom stereocenters. The van der Waals surface area contributed by atoms with Crippen LogP contribution in [0.25, 0.3) is 6.08 Å². The van der Waals surface area contributed by atoms with Crippen molar-refractivity contribution in [3.63, 3.8) is 0 Å². The molecule has 58 valence electrons. The van der Waals surface area contributed by atoms with Crippen LogP contribution in [0.3, 0.4) is 0 Å². The van der Waals surface area contributed by atoms with Gasteiger partial charge in [-0.3, -0.25) is 4.98 Å². The maximum Gasteiger partial charge on any atom is 0.0574 e. The molecule has 0 saturated heterocycles. The number of hydrogen-bond donors (Lipinski definition) is 1. The zero-order valence-electron chi connectivity index (χ0n) is 6.62. The van der Waals surface area contributed by atoms with Gasteiger partial charge < -0.3 is 5.73 Å². The van der Waals surface area contributed by atoms with E-state index in [-0.39, 0.29) is 6.04 Å². The van der Waals surface area contributed by atoms with E-state index in [1.165, 1.54) is 0 Å². The standard InChI is InChI=1S/C9H12N2/c1-3-8-4-5-11-9(6-8)7(2)10/h3-7H,1,10H2,2H3/t7-/m0/s1. The molecule has 2 heteroatoms. The molecule has 0 bridgehead atoms. The van der Waals surface area contributed by atoms with Crippen molar-refractivity contribution in [1.29, 1.82) is 0 Å². The third-order valence-corrected chi connectivity index (χ3v) is 1.51. The quantitative estimate of drug-likeness (QED) is 0.693. The number of rotatable bonds is 2. The lowest BCUT2D eigenvalue weighted by Crippen LogP contribution is -2.06. The molecule has 0 aliphatic carbocycles. The summed E-state index contributed by atoms with van der Waals surface area (Å²) >= 11 is 0. The maximum atomic E-state index is 5.64. The molecule has 11 heavy (non-hydrogen) atoms. The Bertz CT molecular complexity index is 253. The number of pyridine rings is 1. The Balaban J connectivity index is 3.00. The second-order valence-electron chi connectivity index (χ2n) is 2.51. The molecule has 0 aliphatic rings. The molecule has 0 fully saturated rings. The van der Waals surface area contributed by atoms with E-state index in [0.717, 1.165) is 11.3 Å². The van der Waals surface area contributed by atoms with Crippen LogP contribution in [0.5, 0.6) is 0 Å². The van der Waals surface area contributed by atoms with Gasteiger partial charge in [-0.15, -0.1) is 0 Å². The molecule has 0 saturated carbocycles. The van der Waals surface area contributed by atoms with E-state index < -0.39 is 0 Å². The van der Waals surface area contributed by atoms with Crippen LogP contribution in [0.4, 0.5) is 0 Å². The van der Waals surface area contributed by atoms with Crippen molar-refractivity contribution in [3.8, 4) is 0 Å². The molecule has 0 radical (unpaired) electrons. The van der Waals surface area contributed by atoms with Gasteiger partial charge in [0.15, 0.2) is 0 Å². The lowest BCUT2D eigenvalue weighted by molar-refractivity contribution is 0.780. The van der Waals surface area contributed by atoms with Gasteiger partial charge in [-0.25, -0.2) is 0 Å². The molecule has 1 atom stereocenters. The highest BCUT2D eigenvalue weighted by atomic mass is 14.7. The monoisotopic (exact) mass is 148 g/mol.